The van der Waals surface area contributed by atoms with E-state index >= 15 is 0 Å². The molecule has 0 bridgehead atoms. The normalized spacial score (nSPS) is 16.5. The molecular formula is C14H30O2. The summed E-state index contributed by atoms with van der Waals surface area (Å²) < 4.78 is 5.80. The lowest BCUT2D eigenvalue weighted by atomic mass is 9.84. The molecule has 2 nitrogen and oxygen atoms in total. The summed E-state index contributed by atoms with van der Waals surface area (Å²) in [6, 6.07) is 0. The van der Waals surface area contributed by atoms with Crippen molar-refractivity contribution in [2.24, 2.45) is 11.3 Å². The van der Waals surface area contributed by atoms with Gasteiger partial charge in [0.25, 0.3) is 0 Å². The summed E-state index contributed by atoms with van der Waals surface area (Å²) in [7, 11) is 0. The van der Waals surface area contributed by atoms with Crippen molar-refractivity contribution in [2.45, 2.75) is 79.6 Å². The molecule has 0 aliphatic heterocycles. The van der Waals surface area contributed by atoms with Crippen LogP contribution < -0.4 is 0 Å². The highest BCUT2D eigenvalue weighted by Crippen LogP contribution is 2.32. The highest BCUT2D eigenvalue weighted by molar-refractivity contribution is 4.75. The second kappa shape index (κ2) is 7.29. The third-order valence-corrected chi connectivity index (χ3v) is 4.27. The first-order valence-corrected chi connectivity index (χ1v) is 6.78. The lowest BCUT2D eigenvalue weighted by Gasteiger charge is -2.35. The summed E-state index contributed by atoms with van der Waals surface area (Å²) >= 11 is 0. The fourth-order valence-electron chi connectivity index (χ4n) is 2.03. The standard InChI is InChI=1S/C14H30O2/c1-7-12(8-2)11(5)16-13(15)14(6,9-3)10-4/h11-13,15H,7-10H2,1-6H3. The Balaban J connectivity index is 4.37. The molecule has 0 amide bonds. The fourth-order valence-corrected chi connectivity index (χ4v) is 2.03. The molecule has 0 aliphatic rings. The third kappa shape index (κ3) is 4.06. The van der Waals surface area contributed by atoms with Crippen molar-refractivity contribution < 1.29 is 9.84 Å². The number of aliphatic hydroxyl groups is 1. The first-order valence-electron chi connectivity index (χ1n) is 6.78. The van der Waals surface area contributed by atoms with Crippen LogP contribution in [0.15, 0.2) is 0 Å². The van der Waals surface area contributed by atoms with Crippen LogP contribution in [0, 0.1) is 11.3 Å². The summed E-state index contributed by atoms with van der Waals surface area (Å²) in [5.41, 5.74) is -0.111. The minimum Gasteiger partial charge on any atom is -0.367 e. The van der Waals surface area contributed by atoms with E-state index in [9.17, 15) is 5.11 Å². The maximum Gasteiger partial charge on any atom is 0.160 e. The Hall–Kier alpha value is -0.0800. The summed E-state index contributed by atoms with van der Waals surface area (Å²) in [5.74, 6) is 0.549. The molecule has 0 aromatic heterocycles. The zero-order chi connectivity index (χ0) is 12.8. The van der Waals surface area contributed by atoms with Crippen molar-refractivity contribution in [2.75, 3.05) is 0 Å². The quantitative estimate of drug-likeness (QED) is 0.639. The van der Waals surface area contributed by atoms with Crippen LogP contribution >= 0.6 is 0 Å². The third-order valence-electron chi connectivity index (χ3n) is 4.27. The van der Waals surface area contributed by atoms with E-state index in [-0.39, 0.29) is 11.5 Å². The van der Waals surface area contributed by atoms with E-state index in [0.717, 1.165) is 25.7 Å². The number of aliphatic hydroxyl groups excluding tert-OH is 1. The van der Waals surface area contributed by atoms with Gasteiger partial charge in [-0.05, 0) is 25.7 Å². The van der Waals surface area contributed by atoms with Gasteiger partial charge in [-0.1, -0.05) is 47.5 Å². The van der Waals surface area contributed by atoms with Gasteiger partial charge >= 0.3 is 0 Å². The second-order valence-electron chi connectivity index (χ2n) is 5.13. The van der Waals surface area contributed by atoms with Gasteiger partial charge in [0.1, 0.15) is 0 Å². The minimum absolute atomic E-state index is 0.111. The van der Waals surface area contributed by atoms with Gasteiger partial charge in [0.2, 0.25) is 0 Å². The number of rotatable bonds is 8. The summed E-state index contributed by atoms with van der Waals surface area (Å²) in [6.07, 6.45) is 3.61. The van der Waals surface area contributed by atoms with Gasteiger partial charge in [-0.15, -0.1) is 0 Å². The van der Waals surface area contributed by atoms with Gasteiger partial charge in [-0.25, -0.2) is 0 Å². The first kappa shape index (κ1) is 15.9. The van der Waals surface area contributed by atoms with Crippen molar-refractivity contribution in [3.63, 3.8) is 0 Å². The van der Waals surface area contributed by atoms with Gasteiger partial charge in [-0.2, -0.15) is 0 Å². The molecule has 2 atom stereocenters. The Bertz CT molecular complexity index is 172. The molecule has 0 saturated heterocycles. The average molecular weight is 230 g/mol. The van der Waals surface area contributed by atoms with Crippen LogP contribution in [0.3, 0.4) is 0 Å². The highest BCUT2D eigenvalue weighted by atomic mass is 16.6. The Labute approximate surface area is 101 Å². The Kier molecular flexibility index (Phi) is 7.25. The predicted molar refractivity (Wildman–Crippen MR) is 69.3 cm³/mol. The van der Waals surface area contributed by atoms with Crippen LogP contribution in [0.1, 0.15) is 67.2 Å². The van der Waals surface area contributed by atoms with E-state index in [1.165, 1.54) is 0 Å². The van der Waals surface area contributed by atoms with Crippen LogP contribution in [-0.4, -0.2) is 17.5 Å². The smallest absolute Gasteiger partial charge is 0.160 e. The highest BCUT2D eigenvalue weighted by Gasteiger charge is 2.32. The average Bonchev–Trinajstić information content (AvgIpc) is 2.29. The van der Waals surface area contributed by atoms with E-state index in [4.69, 9.17) is 4.74 Å². The Morgan fingerprint density at radius 2 is 1.50 bits per heavy atom. The molecule has 98 valence electrons. The monoisotopic (exact) mass is 230 g/mol. The zero-order valence-corrected chi connectivity index (χ0v) is 11.9. The van der Waals surface area contributed by atoms with Crippen LogP contribution in [0.25, 0.3) is 0 Å². The molecule has 0 aliphatic carbocycles. The zero-order valence-electron chi connectivity index (χ0n) is 11.9. The van der Waals surface area contributed by atoms with Gasteiger partial charge in [0.15, 0.2) is 6.29 Å². The predicted octanol–water partition coefficient (Wildman–Crippen LogP) is 3.97. The molecule has 0 saturated carbocycles. The van der Waals surface area contributed by atoms with Crippen LogP contribution in [-0.2, 0) is 4.74 Å². The number of hydrogen-bond acceptors (Lipinski definition) is 2. The molecule has 0 radical (unpaired) electrons. The lowest BCUT2D eigenvalue weighted by Crippen LogP contribution is -2.37. The topological polar surface area (TPSA) is 29.5 Å². The molecule has 0 spiro atoms. The van der Waals surface area contributed by atoms with Gasteiger partial charge < -0.3 is 9.84 Å². The summed E-state index contributed by atoms with van der Waals surface area (Å²) in [5, 5.41) is 10.2. The minimum atomic E-state index is -0.641. The van der Waals surface area contributed by atoms with Crippen molar-refractivity contribution in [1.82, 2.24) is 0 Å². The van der Waals surface area contributed by atoms with Crippen LogP contribution in [0.5, 0.6) is 0 Å². The van der Waals surface area contributed by atoms with E-state index in [1.54, 1.807) is 0 Å². The molecular weight excluding hydrogens is 200 g/mol. The van der Waals surface area contributed by atoms with Gasteiger partial charge in [0, 0.05) is 5.41 Å². The van der Waals surface area contributed by atoms with Gasteiger partial charge in [0.05, 0.1) is 6.10 Å². The number of ether oxygens (including phenoxy) is 1. The summed E-state index contributed by atoms with van der Waals surface area (Å²) in [4.78, 5) is 0. The molecule has 0 fully saturated rings. The molecule has 2 heteroatoms. The Morgan fingerprint density at radius 3 is 1.81 bits per heavy atom. The van der Waals surface area contributed by atoms with E-state index < -0.39 is 6.29 Å². The van der Waals surface area contributed by atoms with E-state index in [0.29, 0.717) is 5.92 Å². The van der Waals surface area contributed by atoms with Gasteiger partial charge in [-0.3, -0.25) is 0 Å². The molecule has 0 rings (SSSR count). The molecule has 2 unspecified atom stereocenters. The van der Waals surface area contributed by atoms with Crippen LogP contribution in [0.2, 0.25) is 0 Å². The SMILES string of the molecule is CCC(CC)C(C)OC(O)C(C)(CC)CC. The van der Waals surface area contributed by atoms with E-state index in [1.807, 2.05) is 0 Å². The molecule has 0 aromatic rings. The van der Waals surface area contributed by atoms with Crippen molar-refractivity contribution >= 4 is 0 Å². The first-order chi connectivity index (χ1) is 7.45. The second-order valence-corrected chi connectivity index (χ2v) is 5.13. The summed E-state index contributed by atoms with van der Waals surface area (Å²) in [6.45, 7) is 12.7. The number of hydrogen-bond donors (Lipinski definition) is 1. The van der Waals surface area contributed by atoms with Crippen molar-refractivity contribution in [1.29, 1.82) is 0 Å². The maximum absolute atomic E-state index is 10.2. The molecule has 0 heterocycles. The molecule has 0 aromatic carbocycles. The molecule has 1 N–H and O–H groups in total. The van der Waals surface area contributed by atoms with E-state index in [2.05, 4.69) is 41.5 Å². The largest absolute Gasteiger partial charge is 0.367 e. The molecule has 16 heavy (non-hydrogen) atoms. The van der Waals surface area contributed by atoms with Crippen molar-refractivity contribution in [3.05, 3.63) is 0 Å². The van der Waals surface area contributed by atoms with Crippen LogP contribution in [0.4, 0.5) is 0 Å². The maximum atomic E-state index is 10.2. The van der Waals surface area contributed by atoms with Crippen molar-refractivity contribution in [3.8, 4) is 0 Å². The lowest BCUT2D eigenvalue weighted by molar-refractivity contribution is -0.205. The fraction of sp³-hybridized carbons (Fsp3) is 1.00. The Morgan fingerprint density at radius 1 is 1.06 bits per heavy atom.